The van der Waals surface area contributed by atoms with Crippen molar-refractivity contribution in [2.45, 2.75) is 49.6 Å². The maximum Gasteiger partial charge on any atom is 0.331 e. The second-order valence-corrected chi connectivity index (χ2v) is 9.74. The number of benzene rings is 1. The molecule has 0 aromatic heterocycles. The second-order valence-electron chi connectivity index (χ2n) is 7.83. The lowest BCUT2D eigenvalue weighted by molar-refractivity contribution is -0.150. The van der Waals surface area contributed by atoms with Crippen molar-refractivity contribution in [1.29, 1.82) is 0 Å². The Labute approximate surface area is 188 Å². The van der Waals surface area contributed by atoms with Gasteiger partial charge in [-0.2, -0.15) is 4.31 Å². The molecule has 2 aliphatic rings. The molecule has 0 radical (unpaired) electrons. The van der Waals surface area contributed by atoms with Crippen molar-refractivity contribution in [1.82, 2.24) is 9.62 Å². The van der Waals surface area contributed by atoms with Crippen LogP contribution in [0.25, 0.3) is 6.08 Å². The zero-order valence-electron chi connectivity index (χ0n) is 18.4. The minimum absolute atomic E-state index is 0.0155. The van der Waals surface area contributed by atoms with Crippen molar-refractivity contribution in [3.8, 4) is 5.75 Å². The number of nitrogens with one attached hydrogen (secondary N) is 1. The van der Waals surface area contributed by atoms with E-state index in [2.05, 4.69) is 5.32 Å². The molecule has 1 saturated carbocycles. The quantitative estimate of drug-likeness (QED) is 0.459. The van der Waals surface area contributed by atoms with Crippen LogP contribution in [0.15, 0.2) is 29.2 Å². The highest BCUT2D eigenvalue weighted by molar-refractivity contribution is 7.89. The second kappa shape index (κ2) is 10.9. The van der Waals surface area contributed by atoms with Gasteiger partial charge in [0.2, 0.25) is 10.0 Å². The van der Waals surface area contributed by atoms with Crippen LogP contribution in [-0.2, 0) is 29.1 Å². The van der Waals surface area contributed by atoms with Gasteiger partial charge in [0.05, 0.1) is 20.3 Å². The number of nitrogens with zero attached hydrogens (tertiary/aromatic N) is 1. The zero-order chi connectivity index (χ0) is 23.1. The predicted molar refractivity (Wildman–Crippen MR) is 118 cm³/mol. The van der Waals surface area contributed by atoms with Gasteiger partial charge < -0.3 is 19.5 Å². The van der Waals surface area contributed by atoms with Gasteiger partial charge >= 0.3 is 5.97 Å². The Hall–Kier alpha value is -2.43. The molecule has 1 aromatic carbocycles. The Morgan fingerprint density at radius 3 is 2.56 bits per heavy atom. The van der Waals surface area contributed by atoms with Crippen molar-refractivity contribution >= 4 is 28.0 Å². The summed E-state index contributed by atoms with van der Waals surface area (Å²) >= 11 is 0. The van der Waals surface area contributed by atoms with Crippen molar-refractivity contribution in [2.75, 3.05) is 33.4 Å². The van der Waals surface area contributed by atoms with E-state index in [0.717, 1.165) is 25.7 Å². The van der Waals surface area contributed by atoms with E-state index in [4.69, 9.17) is 14.2 Å². The normalized spacial score (nSPS) is 19.1. The molecule has 3 rings (SSSR count). The molecule has 1 aliphatic carbocycles. The summed E-state index contributed by atoms with van der Waals surface area (Å²) in [5.74, 6) is -0.789. The molecule has 2 fully saturated rings. The topological polar surface area (TPSA) is 111 Å². The van der Waals surface area contributed by atoms with Gasteiger partial charge in [0.25, 0.3) is 5.91 Å². The SMILES string of the molecule is COc1ccc(C=CC(=O)OC(C)C(=O)NC2CCCC2)cc1S(=O)(=O)N1CCOCC1. The van der Waals surface area contributed by atoms with Gasteiger partial charge in [-0.05, 0) is 43.5 Å². The molecule has 1 heterocycles. The number of hydrogen-bond acceptors (Lipinski definition) is 7. The van der Waals surface area contributed by atoms with Gasteiger partial charge in [-0.3, -0.25) is 4.79 Å². The molecule has 0 spiro atoms. The van der Waals surface area contributed by atoms with E-state index < -0.39 is 22.1 Å². The van der Waals surface area contributed by atoms with Gasteiger partial charge in [0, 0.05) is 25.2 Å². The number of hydrogen-bond donors (Lipinski definition) is 1. The number of sulfonamides is 1. The first kappa shape index (κ1) is 24.2. The van der Waals surface area contributed by atoms with E-state index >= 15 is 0 Å². The predicted octanol–water partition coefficient (Wildman–Crippen LogP) is 1.72. The maximum atomic E-state index is 13.0. The molecule has 1 aromatic rings. The van der Waals surface area contributed by atoms with Crippen LogP contribution in [0.1, 0.15) is 38.2 Å². The lowest BCUT2D eigenvalue weighted by Gasteiger charge is -2.26. The summed E-state index contributed by atoms with van der Waals surface area (Å²) in [6.07, 6.45) is 5.77. The molecule has 1 atom stereocenters. The third kappa shape index (κ3) is 6.08. The van der Waals surface area contributed by atoms with Crippen molar-refractivity contribution in [3.63, 3.8) is 0 Å². The molecule has 1 N–H and O–H groups in total. The first-order valence-corrected chi connectivity index (χ1v) is 12.2. The van der Waals surface area contributed by atoms with E-state index in [9.17, 15) is 18.0 Å². The summed E-state index contributed by atoms with van der Waals surface area (Å²) in [4.78, 5) is 24.4. The third-order valence-electron chi connectivity index (χ3n) is 5.55. The fourth-order valence-corrected chi connectivity index (χ4v) is 5.34. The fraction of sp³-hybridized carbons (Fsp3) is 0.545. The number of methoxy groups -OCH3 is 1. The molecule has 1 unspecified atom stereocenters. The number of carbonyl (C=O) groups excluding carboxylic acids is 2. The third-order valence-corrected chi connectivity index (χ3v) is 7.47. The monoisotopic (exact) mass is 466 g/mol. The van der Waals surface area contributed by atoms with Crippen molar-refractivity contribution < 1.29 is 32.2 Å². The van der Waals surface area contributed by atoms with Gasteiger partial charge in [0.15, 0.2) is 6.10 Å². The molecule has 1 saturated heterocycles. The molecule has 1 amide bonds. The van der Waals surface area contributed by atoms with E-state index in [0.29, 0.717) is 18.8 Å². The highest BCUT2D eigenvalue weighted by atomic mass is 32.2. The van der Waals surface area contributed by atoms with Gasteiger partial charge in [0.1, 0.15) is 10.6 Å². The van der Waals surface area contributed by atoms with Crippen LogP contribution in [0.2, 0.25) is 0 Å². The summed E-state index contributed by atoms with van der Waals surface area (Å²) in [6.45, 7) is 2.72. The van der Waals surface area contributed by atoms with Crippen LogP contribution in [-0.4, -0.2) is 70.2 Å². The van der Waals surface area contributed by atoms with Gasteiger partial charge in [-0.15, -0.1) is 0 Å². The first-order valence-electron chi connectivity index (χ1n) is 10.8. The standard InChI is InChI=1S/C22H30N2O7S/c1-16(22(26)23-18-5-3-4-6-18)31-21(25)10-8-17-7-9-19(29-2)20(15-17)32(27,28)24-11-13-30-14-12-24/h7-10,15-16,18H,3-6,11-14H2,1-2H3,(H,23,26). The number of rotatable bonds is 8. The molecule has 0 bridgehead atoms. The van der Waals surface area contributed by atoms with Crippen molar-refractivity contribution in [2.24, 2.45) is 0 Å². The largest absolute Gasteiger partial charge is 0.495 e. The number of esters is 1. The molecule has 9 nitrogen and oxygen atoms in total. The number of morpholine rings is 1. The van der Waals surface area contributed by atoms with E-state index in [1.165, 1.54) is 42.6 Å². The number of ether oxygens (including phenoxy) is 3. The number of amides is 1. The van der Waals surface area contributed by atoms with Crippen LogP contribution in [0.3, 0.4) is 0 Å². The average molecular weight is 467 g/mol. The summed E-state index contributed by atoms with van der Waals surface area (Å²) in [7, 11) is -2.38. The first-order chi connectivity index (χ1) is 15.3. The maximum absolute atomic E-state index is 13.0. The molecule has 176 valence electrons. The van der Waals surface area contributed by atoms with Gasteiger partial charge in [-0.1, -0.05) is 18.9 Å². The Morgan fingerprint density at radius 2 is 1.91 bits per heavy atom. The molecule has 32 heavy (non-hydrogen) atoms. The minimum atomic E-state index is -3.78. The van der Waals surface area contributed by atoms with Crippen LogP contribution >= 0.6 is 0 Å². The smallest absolute Gasteiger partial charge is 0.331 e. The van der Waals surface area contributed by atoms with Crippen LogP contribution in [0, 0.1) is 0 Å². The van der Waals surface area contributed by atoms with E-state index in [1.807, 2.05) is 0 Å². The number of carbonyl (C=O) groups is 2. The summed E-state index contributed by atoms with van der Waals surface area (Å²) < 4.78 is 43.1. The summed E-state index contributed by atoms with van der Waals surface area (Å²) in [5, 5.41) is 2.89. The van der Waals surface area contributed by atoms with Crippen LogP contribution in [0.4, 0.5) is 0 Å². The van der Waals surface area contributed by atoms with Gasteiger partial charge in [-0.25, -0.2) is 13.2 Å². The molecular formula is C22H30N2O7S. The lowest BCUT2D eigenvalue weighted by atomic mass is 10.2. The molecule has 10 heteroatoms. The summed E-state index contributed by atoms with van der Waals surface area (Å²) in [6, 6.07) is 4.77. The molecular weight excluding hydrogens is 436 g/mol. The molecule has 1 aliphatic heterocycles. The summed E-state index contributed by atoms with van der Waals surface area (Å²) in [5.41, 5.74) is 0.484. The highest BCUT2D eigenvalue weighted by Crippen LogP contribution is 2.29. The van der Waals surface area contributed by atoms with E-state index in [1.54, 1.807) is 6.07 Å². The van der Waals surface area contributed by atoms with Crippen molar-refractivity contribution in [3.05, 3.63) is 29.8 Å². The minimum Gasteiger partial charge on any atom is -0.495 e. The zero-order valence-corrected chi connectivity index (χ0v) is 19.2. The highest BCUT2D eigenvalue weighted by Gasteiger charge is 2.29. The van der Waals surface area contributed by atoms with Crippen LogP contribution in [0.5, 0.6) is 5.75 Å². The average Bonchev–Trinajstić information content (AvgIpc) is 3.31. The van der Waals surface area contributed by atoms with E-state index in [-0.39, 0.29) is 35.7 Å². The Balaban J connectivity index is 1.66. The Kier molecular flexibility index (Phi) is 8.27. The van der Waals surface area contributed by atoms with Crippen LogP contribution < -0.4 is 10.1 Å². The Morgan fingerprint density at radius 1 is 1.22 bits per heavy atom. The Bertz CT molecular complexity index is 949. The fourth-order valence-electron chi connectivity index (χ4n) is 3.74. The lowest BCUT2D eigenvalue weighted by Crippen LogP contribution is -2.40.